The number of hydrogen-bond donors (Lipinski definition) is 2. The molecule has 0 aromatic heterocycles. The molecule has 0 aliphatic rings. The zero-order valence-electron chi connectivity index (χ0n) is 11.1. The fourth-order valence-corrected chi connectivity index (χ4v) is 2.75. The van der Waals surface area contributed by atoms with Gasteiger partial charge in [-0.15, -0.1) is 0 Å². The number of nitrogen functional groups attached to an aromatic ring is 1. The van der Waals surface area contributed by atoms with Crippen LogP contribution < -0.4 is 11.1 Å². The fourth-order valence-electron chi connectivity index (χ4n) is 2.27. The van der Waals surface area contributed by atoms with Gasteiger partial charge < -0.3 is 11.1 Å². The number of halogens is 1. The number of rotatable bonds is 2. The molecular weight excluding hydrogens is 326 g/mol. The number of benzene rings is 3. The Morgan fingerprint density at radius 2 is 1.76 bits per heavy atom. The number of nitrogens with one attached hydrogen (secondary N) is 1. The summed E-state index contributed by atoms with van der Waals surface area (Å²) in [7, 11) is 0. The minimum Gasteiger partial charge on any atom is -0.398 e. The van der Waals surface area contributed by atoms with E-state index in [2.05, 4.69) is 39.4 Å². The molecule has 3 rings (SSSR count). The molecule has 0 spiro atoms. The van der Waals surface area contributed by atoms with Crippen LogP contribution in [-0.4, -0.2) is 0 Å². The first-order valence-corrected chi connectivity index (χ1v) is 7.22. The van der Waals surface area contributed by atoms with Gasteiger partial charge >= 0.3 is 0 Å². The third-order valence-corrected chi connectivity index (χ3v) is 4.01. The van der Waals surface area contributed by atoms with E-state index >= 15 is 0 Å². The fraction of sp³-hybridized carbons (Fsp3) is 0. The van der Waals surface area contributed by atoms with Crippen LogP contribution in [-0.2, 0) is 0 Å². The normalized spacial score (nSPS) is 10.3. The van der Waals surface area contributed by atoms with Crippen molar-refractivity contribution in [2.24, 2.45) is 0 Å². The first kappa shape index (κ1) is 13.5. The lowest BCUT2D eigenvalue weighted by Crippen LogP contribution is -1.95. The van der Waals surface area contributed by atoms with Crippen molar-refractivity contribution in [2.75, 3.05) is 11.1 Å². The van der Waals surface area contributed by atoms with Gasteiger partial charge in [0.1, 0.15) is 6.07 Å². The van der Waals surface area contributed by atoms with Gasteiger partial charge in [0.25, 0.3) is 0 Å². The van der Waals surface area contributed by atoms with Crippen molar-refractivity contribution in [3.8, 4) is 6.07 Å². The van der Waals surface area contributed by atoms with Crippen LogP contribution in [0.15, 0.2) is 59.1 Å². The maximum absolute atomic E-state index is 8.92. The van der Waals surface area contributed by atoms with E-state index in [1.165, 1.54) is 0 Å². The predicted octanol–water partition coefficient (Wildman–Crippen LogP) is 4.80. The molecule has 21 heavy (non-hydrogen) atoms. The van der Waals surface area contributed by atoms with Crippen molar-refractivity contribution in [3.63, 3.8) is 0 Å². The Morgan fingerprint density at radius 1 is 1.00 bits per heavy atom. The molecule has 3 nitrogen and oxygen atoms in total. The van der Waals surface area contributed by atoms with Gasteiger partial charge in [-0.3, -0.25) is 0 Å². The van der Waals surface area contributed by atoms with E-state index in [4.69, 9.17) is 11.0 Å². The highest BCUT2D eigenvalue weighted by molar-refractivity contribution is 9.10. The molecule has 102 valence electrons. The molecule has 3 aromatic rings. The number of fused-ring (bicyclic) bond motifs is 1. The van der Waals surface area contributed by atoms with Crippen molar-refractivity contribution in [1.29, 1.82) is 5.26 Å². The molecule has 0 aliphatic carbocycles. The van der Waals surface area contributed by atoms with Crippen molar-refractivity contribution in [1.82, 2.24) is 0 Å². The summed E-state index contributed by atoms with van der Waals surface area (Å²) in [6.45, 7) is 0. The summed E-state index contributed by atoms with van der Waals surface area (Å²) in [5.41, 5.74) is 8.67. The first-order chi connectivity index (χ1) is 10.2. The average Bonchev–Trinajstić information content (AvgIpc) is 2.51. The van der Waals surface area contributed by atoms with Crippen LogP contribution in [0.3, 0.4) is 0 Å². The van der Waals surface area contributed by atoms with Gasteiger partial charge in [-0.1, -0.05) is 40.2 Å². The first-order valence-electron chi connectivity index (χ1n) is 6.43. The Balaban J connectivity index is 2.05. The second-order valence-electron chi connectivity index (χ2n) is 4.68. The topological polar surface area (TPSA) is 61.8 Å². The lowest BCUT2D eigenvalue weighted by atomic mass is 10.1. The Hall–Kier alpha value is -2.51. The summed E-state index contributed by atoms with van der Waals surface area (Å²) >= 11 is 3.56. The zero-order valence-corrected chi connectivity index (χ0v) is 12.7. The van der Waals surface area contributed by atoms with Gasteiger partial charge in [-0.2, -0.15) is 5.26 Å². The van der Waals surface area contributed by atoms with E-state index in [1.807, 2.05) is 30.3 Å². The molecule has 3 N–H and O–H groups in total. The highest BCUT2D eigenvalue weighted by Gasteiger charge is 2.05. The second-order valence-corrected chi connectivity index (χ2v) is 5.53. The molecule has 0 amide bonds. The molecule has 0 unspecified atom stereocenters. The lowest BCUT2D eigenvalue weighted by Gasteiger charge is -2.12. The molecule has 0 bridgehead atoms. The molecule has 4 heteroatoms. The molecule has 0 fully saturated rings. The van der Waals surface area contributed by atoms with Crippen LogP contribution >= 0.6 is 15.9 Å². The van der Waals surface area contributed by atoms with Crippen molar-refractivity contribution < 1.29 is 0 Å². The third kappa shape index (κ3) is 2.56. The van der Waals surface area contributed by atoms with Crippen LogP contribution in [0.5, 0.6) is 0 Å². The number of nitrogens with zero attached hydrogens (tertiary/aromatic N) is 1. The molecule has 0 saturated heterocycles. The van der Waals surface area contributed by atoms with Gasteiger partial charge in [0.15, 0.2) is 0 Å². The van der Waals surface area contributed by atoms with E-state index in [1.54, 1.807) is 12.1 Å². The van der Waals surface area contributed by atoms with E-state index in [0.717, 1.165) is 26.6 Å². The van der Waals surface area contributed by atoms with Crippen LogP contribution in [0, 0.1) is 11.3 Å². The zero-order chi connectivity index (χ0) is 14.8. The van der Waals surface area contributed by atoms with E-state index in [9.17, 15) is 0 Å². The van der Waals surface area contributed by atoms with E-state index in [-0.39, 0.29) is 0 Å². The third-order valence-electron chi connectivity index (χ3n) is 3.32. The lowest BCUT2D eigenvalue weighted by molar-refractivity contribution is 1.48. The highest BCUT2D eigenvalue weighted by atomic mass is 79.9. The predicted molar refractivity (Wildman–Crippen MR) is 90.5 cm³/mol. The number of nitriles is 1. The van der Waals surface area contributed by atoms with Crippen molar-refractivity contribution >= 4 is 43.8 Å². The van der Waals surface area contributed by atoms with Gasteiger partial charge in [0.2, 0.25) is 0 Å². The molecule has 0 heterocycles. The van der Waals surface area contributed by atoms with E-state index < -0.39 is 0 Å². The molecular formula is C17H12BrN3. The van der Waals surface area contributed by atoms with Gasteiger partial charge in [-0.05, 0) is 35.7 Å². The summed E-state index contributed by atoms with van der Waals surface area (Å²) in [4.78, 5) is 0. The summed E-state index contributed by atoms with van der Waals surface area (Å²) in [6, 6.07) is 19.6. The van der Waals surface area contributed by atoms with E-state index in [0.29, 0.717) is 11.3 Å². The Kier molecular flexibility index (Phi) is 3.51. The summed E-state index contributed by atoms with van der Waals surface area (Å²) in [5.74, 6) is 0. The smallest absolute Gasteiger partial charge is 0.101 e. The van der Waals surface area contributed by atoms with Crippen LogP contribution in [0.4, 0.5) is 17.1 Å². The Morgan fingerprint density at radius 3 is 2.48 bits per heavy atom. The quantitative estimate of drug-likeness (QED) is 0.660. The molecule has 0 aliphatic heterocycles. The SMILES string of the molecule is N#Cc1ccc(Nc2ccc(Br)c3ccccc23)cc1N. The number of hydrogen-bond acceptors (Lipinski definition) is 3. The molecule has 0 atom stereocenters. The second kappa shape index (κ2) is 5.47. The van der Waals surface area contributed by atoms with Crippen molar-refractivity contribution in [2.45, 2.75) is 0 Å². The number of nitrogens with two attached hydrogens (primary N) is 1. The summed E-state index contributed by atoms with van der Waals surface area (Å²) < 4.78 is 1.06. The van der Waals surface area contributed by atoms with Gasteiger partial charge in [0.05, 0.1) is 11.3 Å². The highest BCUT2D eigenvalue weighted by Crippen LogP contribution is 2.32. The van der Waals surface area contributed by atoms with Crippen LogP contribution in [0.25, 0.3) is 10.8 Å². The minimum absolute atomic E-state index is 0.476. The monoisotopic (exact) mass is 337 g/mol. The number of anilines is 3. The summed E-state index contributed by atoms with van der Waals surface area (Å²) in [5, 5.41) is 14.5. The maximum atomic E-state index is 8.92. The van der Waals surface area contributed by atoms with Gasteiger partial charge in [0, 0.05) is 21.2 Å². The standard InChI is InChI=1S/C17H12BrN3/c18-15-7-8-17(14-4-2-1-3-13(14)15)21-12-6-5-11(10-19)16(20)9-12/h1-9,21H,20H2. The van der Waals surface area contributed by atoms with Crippen molar-refractivity contribution in [3.05, 3.63) is 64.6 Å². The summed E-state index contributed by atoms with van der Waals surface area (Å²) in [6.07, 6.45) is 0. The molecule has 0 radical (unpaired) electrons. The van der Waals surface area contributed by atoms with Crippen LogP contribution in [0.1, 0.15) is 5.56 Å². The molecule has 3 aromatic carbocycles. The average molecular weight is 338 g/mol. The Bertz CT molecular complexity index is 866. The van der Waals surface area contributed by atoms with Crippen LogP contribution in [0.2, 0.25) is 0 Å². The largest absolute Gasteiger partial charge is 0.398 e. The minimum atomic E-state index is 0.476. The Labute approximate surface area is 131 Å². The molecule has 0 saturated carbocycles. The van der Waals surface area contributed by atoms with Gasteiger partial charge in [-0.25, -0.2) is 0 Å². The maximum Gasteiger partial charge on any atom is 0.101 e.